The first-order valence-electron chi connectivity index (χ1n) is 4.55. The molecule has 0 fully saturated rings. The van der Waals surface area contributed by atoms with Gasteiger partial charge in [-0.05, 0) is 13.3 Å². The second kappa shape index (κ2) is 6.18. The van der Waals surface area contributed by atoms with Crippen molar-refractivity contribution in [1.29, 1.82) is 0 Å². The maximum Gasteiger partial charge on any atom is 0.333 e. The van der Waals surface area contributed by atoms with Crippen LogP contribution in [0, 0.1) is 0 Å². The van der Waals surface area contributed by atoms with E-state index in [4.69, 9.17) is 4.74 Å². The van der Waals surface area contributed by atoms with Crippen molar-refractivity contribution in [3.05, 3.63) is 12.2 Å². The average molecular weight is 199 g/mol. The highest BCUT2D eigenvalue weighted by Crippen LogP contribution is 2.02. The minimum Gasteiger partial charge on any atom is -0.463 e. The van der Waals surface area contributed by atoms with Crippen molar-refractivity contribution < 1.29 is 14.3 Å². The van der Waals surface area contributed by atoms with Gasteiger partial charge in [-0.25, -0.2) is 4.79 Å². The van der Waals surface area contributed by atoms with Crippen LogP contribution >= 0.6 is 0 Å². The van der Waals surface area contributed by atoms with E-state index in [2.05, 4.69) is 6.58 Å². The van der Waals surface area contributed by atoms with Gasteiger partial charge in [0.2, 0.25) is 5.91 Å². The summed E-state index contributed by atoms with van der Waals surface area (Å²) in [4.78, 5) is 23.5. The minimum atomic E-state index is -0.385. The molecule has 80 valence electrons. The molecular formula is C10H17NO3. The van der Waals surface area contributed by atoms with Gasteiger partial charge in [0.05, 0.1) is 6.61 Å². The lowest BCUT2D eigenvalue weighted by atomic mass is 10.2. The molecule has 0 aliphatic rings. The van der Waals surface area contributed by atoms with Crippen molar-refractivity contribution in [2.45, 2.75) is 20.3 Å². The molecule has 0 atom stereocenters. The van der Waals surface area contributed by atoms with Gasteiger partial charge in [-0.1, -0.05) is 6.58 Å². The van der Waals surface area contributed by atoms with Gasteiger partial charge in [-0.15, -0.1) is 0 Å². The molecule has 0 bridgehead atoms. The number of hydrogen-bond donors (Lipinski definition) is 0. The van der Waals surface area contributed by atoms with Crippen molar-refractivity contribution in [2.75, 3.05) is 20.2 Å². The maximum atomic E-state index is 11.1. The van der Waals surface area contributed by atoms with E-state index in [9.17, 15) is 9.59 Å². The van der Waals surface area contributed by atoms with Crippen LogP contribution in [0.3, 0.4) is 0 Å². The van der Waals surface area contributed by atoms with E-state index >= 15 is 0 Å². The highest BCUT2D eigenvalue weighted by molar-refractivity contribution is 5.87. The highest BCUT2D eigenvalue weighted by atomic mass is 16.5. The second-order valence-corrected chi connectivity index (χ2v) is 3.01. The summed E-state index contributed by atoms with van der Waals surface area (Å²) in [7, 11) is 1.68. The zero-order chi connectivity index (χ0) is 11.1. The molecule has 0 N–H and O–H groups in total. The molecule has 0 aliphatic heterocycles. The Morgan fingerprint density at radius 3 is 2.43 bits per heavy atom. The van der Waals surface area contributed by atoms with E-state index in [0.717, 1.165) is 0 Å². The fourth-order valence-electron chi connectivity index (χ4n) is 0.795. The Morgan fingerprint density at radius 2 is 2.00 bits per heavy atom. The molecule has 0 saturated heterocycles. The summed E-state index contributed by atoms with van der Waals surface area (Å²) < 4.78 is 4.75. The quantitative estimate of drug-likeness (QED) is 0.489. The number of nitrogens with zero attached hydrogens (tertiary/aromatic N) is 1. The fraction of sp³-hybridized carbons (Fsp3) is 0.600. The monoisotopic (exact) mass is 199 g/mol. The van der Waals surface area contributed by atoms with Crippen LogP contribution in [0.15, 0.2) is 12.2 Å². The van der Waals surface area contributed by atoms with Gasteiger partial charge in [0.25, 0.3) is 0 Å². The molecule has 0 aliphatic carbocycles. The molecule has 0 unspecified atom stereocenters. The lowest BCUT2D eigenvalue weighted by Gasteiger charge is -2.14. The van der Waals surface area contributed by atoms with Crippen LogP contribution < -0.4 is 0 Å². The number of hydrogen-bond acceptors (Lipinski definition) is 3. The summed E-state index contributed by atoms with van der Waals surface area (Å²) in [5.41, 5.74) is 0.403. The number of ether oxygens (including phenoxy) is 1. The third kappa shape index (κ3) is 4.64. The Morgan fingerprint density at radius 1 is 1.43 bits per heavy atom. The van der Waals surface area contributed by atoms with Crippen LogP contribution in [0.2, 0.25) is 0 Å². The molecule has 0 radical (unpaired) electrons. The molecule has 0 rings (SSSR count). The average Bonchev–Trinajstić information content (AvgIpc) is 2.13. The van der Waals surface area contributed by atoms with Gasteiger partial charge in [0.15, 0.2) is 0 Å². The van der Waals surface area contributed by atoms with Gasteiger partial charge >= 0.3 is 5.97 Å². The van der Waals surface area contributed by atoms with Gasteiger partial charge in [-0.2, -0.15) is 0 Å². The van der Waals surface area contributed by atoms with E-state index in [0.29, 0.717) is 25.1 Å². The fourth-order valence-corrected chi connectivity index (χ4v) is 0.795. The molecule has 1 amide bonds. The lowest BCUT2D eigenvalue weighted by molar-refractivity contribution is -0.139. The van der Waals surface area contributed by atoms with Crippen LogP contribution in [-0.4, -0.2) is 37.0 Å². The van der Waals surface area contributed by atoms with Crippen LogP contribution in [0.4, 0.5) is 0 Å². The first-order valence-corrected chi connectivity index (χ1v) is 4.55. The first kappa shape index (κ1) is 12.7. The van der Waals surface area contributed by atoms with Gasteiger partial charge in [0, 0.05) is 26.1 Å². The standard InChI is InChI=1S/C10H17NO3/c1-5-14-10(13)8(2)6-7-11(4)9(3)12/h2,5-7H2,1,3-4H3. The van der Waals surface area contributed by atoms with Crippen molar-refractivity contribution in [3.8, 4) is 0 Å². The number of esters is 1. The second-order valence-electron chi connectivity index (χ2n) is 3.01. The Balaban J connectivity index is 3.85. The highest BCUT2D eigenvalue weighted by Gasteiger charge is 2.09. The van der Waals surface area contributed by atoms with E-state index in [-0.39, 0.29) is 11.9 Å². The Bertz CT molecular complexity index is 236. The van der Waals surface area contributed by atoms with Crippen LogP contribution in [0.1, 0.15) is 20.3 Å². The van der Waals surface area contributed by atoms with E-state index in [1.54, 1.807) is 14.0 Å². The van der Waals surface area contributed by atoms with E-state index in [1.165, 1.54) is 11.8 Å². The third-order valence-corrected chi connectivity index (χ3v) is 1.85. The summed E-state index contributed by atoms with van der Waals surface area (Å²) in [6, 6.07) is 0. The lowest BCUT2D eigenvalue weighted by Crippen LogP contribution is -2.26. The SMILES string of the molecule is C=C(CCN(C)C(C)=O)C(=O)OCC. The van der Waals surface area contributed by atoms with Crippen LogP contribution in [-0.2, 0) is 14.3 Å². The summed E-state index contributed by atoms with van der Waals surface area (Å²) in [5, 5.41) is 0. The molecule has 0 saturated carbocycles. The first-order chi connectivity index (χ1) is 6.49. The number of amides is 1. The van der Waals surface area contributed by atoms with Crippen LogP contribution in [0.25, 0.3) is 0 Å². The maximum absolute atomic E-state index is 11.1. The number of carbonyl (C=O) groups is 2. The third-order valence-electron chi connectivity index (χ3n) is 1.85. The normalized spacial score (nSPS) is 9.36. The largest absolute Gasteiger partial charge is 0.463 e. The molecule has 0 spiro atoms. The topological polar surface area (TPSA) is 46.6 Å². The zero-order valence-electron chi connectivity index (χ0n) is 9.00. The van der Waals surface area contributed by atoms with E-state index < -0.39 is 0 Å². The minimum absolute atomic E-state index is 0.0262. The van der Waals surface area contributed by atoms with Gasteiger partial charge < -0.3 is 9.64 Å². The molecule has 4 heteroatoms. The molecule has 0 aromatic rings. The molecule has 0 aromatic heterocycles. The summed E-state index contributed by atoms with van der Waals surface area (Å²) in [6.45, 7) is 7.65. The van der Waals surface area contributed by atoms with Crippen molar-refractivity contribution in [1.82, 2.24) is 4.90 Å². The summed E-state index contributed by atoms with van der Waals surface area (Å²) in [5.74, 6) is -0.411. The Hall–Kier alpha value is -1.32. The molecule has 4 nitrogen and oxygen atoms in total. The predicted molar refractivity (Wildman–Crippen MR) is 53.7 cm³/mol. The Kier molecular flexibility index (Phi) is 5.60. The van der Waals surface area contributed by atoms with Gasteiger partial charge in [0.1, 0.15) is 0 Å². The molecule has 0 heterocycles. The summed E-state index contributed by atoms with van der Waals surface area (Å²) in [6.07, 6.45) is 0.453. The van der Waals surface area contributed by atoms with Gasteiger partial charge in [-0.3, -0.25) is 4.79 Å². The summed E-state index contributed by atoms with van der Waals surface area (Å²) >= 11 is 0. The number of rotatable bonds is 5. The van der Waals surface area contributed by atoms with Crippen LogP contribution in [0.5, 0.6) is 0 Å². The van der Waals surface area contributed by atoms with E-state index in [1.807, 2.05) is 0 Å². The van der Waals surface area contributed by atoms with Crippen molar-refractivity contribution in [2.24, 2.45) is 0 Å². The number of carbonyl (C=O) groups excluding carboxylic acids is 2. The van der Waals surface area contributed by atoms with Crippen molar-refractivity contribution >= 4 is 11.9 Å². The molecular weight excluding hydrogens is 182 g/mol. The Labute approximate surface area is 84.5 Å². The molecule has 0 aromatic carbocycles. The zero-order valence-corrected chi connectivity index (χ0v) is 9.00. The molecule has 14 heavy (non-hydrogen) atoms. The smallest absolute Gasteiger partial charge is 0.333 e. The van der Waals surface area contributed by atoms with Crippen molar-refractivity contribution in [3.63, 3.8) is 0 Å². The predicted octanol–water partition coefficient (Wildman–Crippen LogP) is 0.974.